The molecule has 7 nitrogen and oxygen atoms in total. The van der Waals surface area contributed by atoms with Crippen LogP contribution in [0.25, 0.3) is 10.1 Å². The van der Waals surface area contributed by atoms with E-state index in [2.05, 4.69) is 16.0 Å². The zero-order valence-corrected chi connectivity index (χ0v) is 22.9. The Morgan fingerprint density at radius 1 is 1.03 bits per heavy atom. The maximum Gasteiger partial charge on any atom is 0.262 e. The first-order chi connectivity index (χ1) is 18.3. The molecule has 1 aromatic heterocycles. The summed E-state index contributed by atoms with van der Waals surface area (Å²) in [5.74, 6) is -0.630. The molecular formula is C30H36N4O3S. The van der Waals surface area contributed by atoms with Gasteiger partial charge in [-0.1, -0.05) is 67.4 Å². The number of rotatable bonds is 11. The third-order valence-electron chi connectivity index (χ3n) is 6.85. The lowest BCUT2D eigenvalue weighted by Gasteiger charge is -2.30. The molecule has 200 valence electrons. The molecule has 0 spiro atoms. The predicted octanol–water partition coefficient (Wildman–Crippen LogP) is 3.91. The number of hydrogen-bond acceptors (Lipinski definition) is 5. The van der Waals surface area contributed by atoms with E-state index in [1.807, 2.05) is 79.7 Å². The average Bonchev–Trinajstić information content (AvgIpc) is 3.56. The number of thiophene rings is 1. The van der Waals surface area contributed by atoms with E-state index in [1.54, 1.807) is 6.08 Å². The molecule has 8 heteroatoms. The number of nitrogens with one attached hydrogen (secondary N) is 3. The third kappa shape index (κ3) is 7.30. The quantitative estimate of drug-likeness (QED) is 0.327. The van der Waals surface area contributed by atoms with E-state index >= 15 is 0 Å². The first kappa shape index (κ1) is 27.5. The van der Waals surface area contributed by atoms with Crippen LogP contribution in [0, 0.1) is 0 Å². The first-order valence-corrected chi connectivity index (χ1v) is 13.9. The molecule has 3 amide bonds. The molecule has 1 fully saturated rings. The lowest BCUT2D eigenvalue weighted by molar-refractivity contribution is -0.127. The van der Waals surface area contributed by atoms with Gasteiger partial charge in [-0.2, -0.15) is 0 Å². The van der Waals surface area contributed by atoms with Crippen molar-refractivity contribution in [1.29, 1.82) is 0 Å². The SMILES string of the molecule is CN(C)CCNC(=O)/C=C/[C@H](Cc1ccccc1)NC(=O)C1(NC(=O)c2cc3ccccc3s2)CCCC1. The van der Waals surface area contributed by atoms with Gasteiger partial charge in [-0.25, -0.2) is 0 Å². The Morgan fingerprint density at radius 3 is 2.45 bits per heavy atom. The molecule has 4 rings (SSSR count). The van der Waals surface area contributed by atoms with Crippen molar-refractivity contribution in [3.8, 4) is 0 Å². The van der Waals surface area contributed by atoms with Crippen LogP contribution in [0.1, 0.15) is 40.9 Å². The number of hydrogen-bond donors (Lipinski definition) is 3. The van der Waals surface area contributed by atoms with Crippen molar-refractivity contribution in [2.75, 3.05) is 27.2 Å². The number of likely N-dealkylation sites (N-methyl/N-ethyl adjacent to an activating group) is 1. The molecule has 0 radical (unpaired) electrons. The highest BCUT2D eigenvalue weighted by Gasteiger charge is 2.43. The molecule has 38 heavy (non-hydrogen) atoms. The van der Waals surface area contributed by atoms with E-state index in [0.717, 1.165) is 35.0 Å². The smallest absolute Gasteiger partial charge is 0.262 e. The van der Waals surface area contributed by atoms with Crippen molar-refractivity contribution in [2.45, 2.75) is 43.7 Å². The lowest BCUT2D eigenvalue weighted by Crippen LogP contribution is -2.58. The molecule has 2 aromatic carbocycles. The Labute approximate surface area is 228 Å². The van der Waals surface area contributed by atoms with Crippen LogP contribution in [0.4, 0.5) is 0 Å². The molecule has 0 unspecified atom stereocenters. The molecule has 3 aromatic rings. The van der Waals surface area contributed by atoms with Gasteiger partial charge in [0.1, 0.15) is 5.54 Å². The molecule has 3 N–H and O–H groups in total. The second-order valence-corrected chi connectivity index (χ2v) is 11.2. The van der Waals surface area contributed by atoms with Crippen LogP contribution in [-0.2, 0) is 16.0 Å². The summed E-state index contributed by atoms with van der Waals surface area (Å²) in [7, 11) is 3.90. The Kier molecular flexibility index (Phi) is 9.31. The van der Waals surface area contributed by atoms with Crippen LogP contribution in [0.15, 0.2) is 72.8 Å². The fourth-order valence-electron chi connectivity index (χ4n) is 4.77. The van der Waals surface area contributed by atoms with Crippen molar-refractivity contribution in [3.05, 3.63) is 83.3 Å². The van der Waals surface area contributed by atoms with Gasteiger partial charge in [0.15, 0.2) is 0 Å². The van der Waals surface area contributed by atoms with E-state index in [9.17, 15) is 14.4 Å². The summed E-state index contributed by atoms with van der Waals surface area (Å²) >= 11 is 1.43. The van der Waals surface area contributed by atoms with Crippen molar-refractivity contribution in [2.24, 2.45) is 0 Å². The van der Waals surface area contributed by atoms with Gasteiger partial charge < -0.3 is 20.9 Å². The van der Waals surface area contributed by atoms with E-state index in [1.165, 1.54) is 17.4 Å². The minimum absolute atomic E-state index is 0.201. The highest BCUT2D eigenvalue weighted by Crippen LogP contribution is 2.32. The first-order valence-electron chi connectivity index (χ1n) is 13.1. The molecule has 1 aliphatic rings. The molecule has 0 aliphatic heterocycles. The van der Waals surface area contributed by atoms with Crippen molar-refractivity contribution in [1.82, 2.24) is 20.9 Å². The van der Waals surface area contributed by atoms with Crippen LogP contribution in [0.2, 0.25) is 0 Å². The van der Waals surface area contributed by atoms with Crippen molar-refractivity contribution >= 4 is 39.1 Å². The van der Waals surface area contributed by atoms with Gasteiger partial charge in [0, 0.05) is 23.9 Å². The number of amides is 3. The van der Waals surface area contributed by atoms with Crippen LogP contribution in [-0.4, -0.2) is 61.4 Å². The van der Waals surface area contributed by atoms with Crippen LogP contribution >= 0.6 is 11.3 Å². The summed E-state index contributed by atoms with van der Waals surface area (Å²) in [5, 5.41) is 10.1. The molecular weight excluding hydrogens is 496 g/mol. The Hall–Kier alpha value is -3.49. The normalized spacial score (nSPS) is 15.6. The average molecular weight is 533 g/mol. The fourth-order valence-corrected chi connectivity index (χ4v) is 5.72. The largest absolute Gasteiger partial charge is 0.351 e. The predicted molar refractivity (Wildman–Crippen MR) is 153 cm³/mol. The van der Waals surface area contributed by atoms with Crippen LogP contribution < -0.4 is 16.0 Å². The lowest BCUT2D eigenvalue weighted by atomic mass is 9.94. The topological polar surface area (TPSA) is 90.5 Å². The number of benzene rings is 2. The van der Waals surface area contributed by atoms with E-state index < -0.39 is 11.6 Å². The summed E-state index contributed by atoms with van der Waals surface area (Å²) in [6.07, 6.45) is 6.67. The summed E-state index contributed by atoms with van der Waals surface area (Å²) in [6.45, 7) is 1.28. The molecule has 0 bridgehead atoms. The summed E-state index contributed by atoms with van der Waals surface area (Å²) < 4.78 is 1.04. The second kappa shape index (κ2) is 12.8. The summed E-state index contributed by atoms with van der Waals surface area (Å²) in [6, 6.07) is 19.2. The molecule has 1 heterocycles. The number of nitrogens with zero attached hydrogens (tertiary/aromatic N) is 1. The zero-order chi connectivity index (χ0) is 27.0. The summed E-state index contributed by atoms with van der Waals surface area (Å²) in [5.41, 5.74) is 0.0783. The van der Waals surface area contributed by atoms with E-state index in [0.29, 0.717) is 30.7 Å². The molecule has 1 aliphatic carbocycles. The minimum Gasteiger partial charge on any atom is -0.351 e. The van der Waals surface area contributed by atoms with Crippen molar-refractivity contribution in [3.63, 3.8) is 0 Å². The van der Waals surface area contributed by atoms with Gasteiger partial charge in [-0.05, 0) is 56.4 Å². The highest BCUT2D eigenvalue weighted by atomic mass is 32.1. The number of fused-ring (bicyclic) bond motifs is 1. The fraction of sp³-hybridized carbons (Fsp3) is 0.367. The van der Waals surface area contributed by atoms with Gasteiger partial charge in [0.05, 0.1) is 10.9 Å². The molecule has 0 saturated heterocycles. The van der Waals surface area contributed by atoms with Gasteiger partial charge in [-0.3, -0.25) is 14.4 Å². The van der Waals surface area contributed by atoms with E-state index in [4.69, 9.17) is 0 Å². The van der Waals surface area contributed by atoms with Gasteiger partial charge in [-0.15, -0.1) is 11.3 Å². The van der Waals surface area contributed by atoms with E-state index in [-0.39, 0.29) is 17.7 Å². The highest BCUT2D eigenvalue weighted by molar-refractivity contribution is 7.20. The van der Waals surface area contributed by atoms with Crippen LogP contribution in [0.5, 0.6) is 0 Å². The summed E-state index contributed by atoms with van der Waals surface area (Å²) in [4.78, 5) is 42.0. The van der Waals surface area contributed by atoms with Gasteiger partial charge >= 0.3 is 0 Å². The maximum absolute atomic E-state index is 13.7. The Bertz CT molecular complexity index is 1250. The zero-order valence-electron chi connectivity index (χ0n) is 22.0. The monoisotopic (exact) mass is 532 g/mol. The minimum atomic E-state index is -0.968. The second-order valence-electron chi connectivity index (χ2n) is 10.1. The van der Waals surface area contributed by atoms with Gasteiger partial charge in [0.25, 0.3) is 5.91 Å². The molecule has 1 atom stereocenters. The third-order valence-corrected chi connectivity index (χ3v) is 7.96. The van der Waals surface area contributed by atoms with Crippen LogP contribution in [0.3, 0.4) is 0 Å². The van der Waals surface area contributed by atoms with Crippen molar-refractivity contribution < 1.29 is 14.4 Å². The van der Waals surface area contributed by atoms with Gasteiger partial charge in [0.2, 0.25) is 11.8 Å². The molecule has 1 saturated carbocycles. The number of carbonyl (C=O) groups is 3. The maximum atomic E-state index is 13.7. The Balaban J connectivity index is 1.48. The Morgan fingerprint density at radius 2 is 1.74 bits per heavy atom. The number of carbonyl (C=O) groups excluding carboxylic acids is 3. The standard InChI is InChI=1S/C30H36N4O3S/c1-34(2)19-18-31-27(35)15-14-24(20-22-10-4-3-5-11-22)32-29(37)30(16-8-9-17-30)33-28(36)26-21-23-12-6-7-13-25(23)38-26/h3-7,10-15,21,24H,8-9,16-20H2,1-2H3,(H,31,35)(H,32,37)(H,33,36)/b15-14+/t24-/m1/s1.